The molecule has 0 unspecified atom stereocenters. The van der Waals surface area contributed by atoms with Gasteiger partial charge in [-0.2, -0.15) is 0 Å². The van der Waals surface area contributed by atoms with Crippen LogP contribution in [0.4, 0.5) is 0 Å². The molecule has 0 aliphatic heterocycles. The summed E-state index contributed by atoms with van der Waals surface area (Å²) in [5.41, 5.74) is 6.11. The van der Waals surface area contributed by atoms with Gasteiger partial charge >= 0.3 is 0 Å². The quantitative estimate of drug-likeness (QED) is 0.561. The summed E-state index contributed by atoms with van der Waals surface area (Å²) in [4.78, 5) is 0. The predicted molar refractivity (Wildman–Crippen MR) is 59.6 cm³/mol. The Labute approximate surface area is 80.7 Å². The molecule has 1 aliphatic rings. The Bertz CT molecular complexity index is 331. The van der Waals surface area contributed by atoms with E-state index >= 15 is 0 Å². The summed E-state index contributed by atoms with van der Waals surface area (Å²) < 4.78 is 0. The van der Waals surface area contributed by atoms with Crippen molar-refractivity contribution in [2.24, 2.45) is 0 Å². The van der Waals surface area contributed by atoms with Gasteiger partial charge in [-0.1, -0.05) is 37.5 Å². The smallest absolute Gasteiger partial charge is 0.00252 e. The Morgan fingerprint density at radius 2 is 1.85 bits per heavy atom. The fourth-order valence-electron chi connectivity index (χ4n) is 1.75. The molecule has 0 saturated heterocycles. The van der Waals surface area contributed by atoms with Gasteiger partial charge in [0.15, 0.2) is 0 Å². The first kappa shape index (κ1) is 9.79. The molecule has 1 aliphatic carbocycles. The molecule has 1 saturated carbocycles. The van der Waals surface area contributed by atoms with Crippen LogP contribution in [0.2, 0.25) is 0 Å². The Morgan fingerprint density at radius 3 is 2.31 bits per heavy atom. The van der Waals surface area contributed by atoms with Crippen LogP contribution in [-0.2, 0) is 0 Å². The maximum Gasteiger partial charge on any atom is -0.00252 e. The van der Waals surface area contributed by atoms with Gasteiger partial charge in [0, 0.05) is 0 Å². The first-order valence-electron chi connectivity index (χ1n) is 4.44. The van der Waals surface area contributed by atoms with Gasteiger partial charge in [-0.25, -0.2) is 0 Å². The average Bonchev–Trinajstić information content (AvgIpc) is 2.27. The monoisotopic (exact) mass is 172 g/mol. The molecule has 0 nitrogen and oxygen atoms in total. The zero-order valence-corrected chi connectivity index (χ0v) is 8.48. The van der Waals surface area contributed by atoms with Crippen LogP contribution in [-0.4, -0.2) is 0 Å². The van der Waals surface area contributed by atoms with E-state index < -0.39 is 0 Å². The molecule has 0 aromatic heterocycles. The number of rotatable bonds is 1. The van der Waals surface area contributed by atoms with E-state index in [2.05, 4.69) is 33.6 Å². The average molecular weight is 172 g/mol. The van der Waals surface area contributed by atoms with Crippen molar-refractivity contribution < 1.29 is 0 Å². The summed E-state index contributed by atoms with van der Waals surface area (Å²) in [6.07, 6.45) is 4.73. The third kappa shape index (κ3) is 1.72. The normalized spacial score (nSPS) is 19.8. The zero-order chi connectivity index (χ0) is 10.0. The minimum atomic E-state index is 0.903. The van der Waals surface area contributed by atoms with Gasteiger partial charge < -0.3 is 0 Å². The van der Waals surface area contributed by atoms with Crippen LogP contribution in [0.3, 0.4) is 0 Å². The van der Waals surface area contributed by atoms with E-state index in [4.69, 9.17) is 0 Å². The van der Waals surface area contributed by atoms with Crippen molar-refractivity contribution in [3.05, 3.63) is 59.8 Å². The largest absolute Gasteiger partial charge is 0.0990 e. The second-order valence-electron chi connectivity index (χ2n) is 3.57. The van der Waals surface area contributed by atoms with Crippen LogP contribution >= 0.6 is 0 Å². The van der Waals surface area contributed by atoms with E-state index in [1.54, 1.807) is 0 Å². The molecule has 13 heavy (non-hydrogen) atoms. The lowest BCUT2D eigenvalue weighted by molar-refractivity contribution is 1.27. The van der Waals surface area contributed by atoms with E-state index in [9.17, 15) is 0 Å². The standard InChI is InChI=1S/C13H16/c1-6-7-12-10(4)8-11(5)13(12)9(2)3/h6-7H,1,4-5,8H2,2-3H3/b12-7+. The van der Waals surface area contributed by atoms with Crippen molar-refractivity contribution in [3.63, 3.8) is 0 Å². The first-order chi connectivity index (χ1) is 6.07. The molecule has 0 atom stereocenters. The van der Waals surface area contributed by atoms with Crippen LogP contribution in [0.5, 0.6) is 0 Å². The molecule has 0 aromatic carbocycles. The summed E-state index contributed by atoms with van der Waals surface area (Å²) in [5.74, 6) is 0. The number of allylic oxidation sites excluding steroid dienone is 7. The van der Waals surface area contributed by atoms with Crippen molar-refractivity contribution >= 4 is 0 Å². The van der Waals surface area contributed by atoms with E-state index in [0.717, 1.165) is 12.0 Å². The highest BCUT2D eigenvalue weighted by Crippen LogP contribution is 2.39. The lowest BCUT2D eigenvalue weighted by Gasteiger charge is -2.03. The molecule has 0 radical (unpaired) electrons. The minimum absolute atomic E-state index is 0.903. The van der Waals surface area contributed by atoms with Crippen LogP contribution in [0.15, 0.2) is 59.8 Å². The second-order valence-corrected chi connectivity index (χ2v) is 3.57. The Kier molecular flexibility index (Phi) is 2.72. The molecule has 0 bridgehead atoms. The SMILES string of the molecule is C=C/C=C1\C(=C)CC(=C)C1=C(C)C. The van der Waals surface area contributed by atoms with Gasteiger partial charge in [-0.3, -0.25) is 0 Å². The summed E-state index contributed by atoms with van der Waals surface area (Å²) in [7, 11) is 0. The Hall–Kier alpha value is -1.30. The highest BCUT2D eigenvalue weighted by atomic mass is 14.2. The molecule has 0 heteroatoms. The highest BCUT2D eigenvalue weighted by molar-refractivity contribution is 5.64. The fourth-order valence-corrected chi connectivity index (χ4v) is 1.75. The minimum Gasteiger partial charge on any atom is -0.0990 e. The topological polar surface area (TPSA) is 0 Å². The molecule has 1 rings (SSSR count). The van der Waals surface area contributed by atoms with E-state index in [-0.39, 0.29) is 0 Å². The van der Waals surface area contributed by atoms with Crippen LogP contribution in [0, 0.1) is 0 Å². The van der Waals surface area contributed by atoms with Crippen molar-refractivity contribution in [1.29, 1.82) is 0 Å². The zero-order valence-electron chi connectivity index (χ0n) is 8.48. The number of hydrogen-bond donors (Lipinski definition) is 0. The molecule has 0 spiro atoms. The summed E-state index contributed by atoms with van der Waals surface area (Å²) in [5, 5.41) is 0. The van der Waals surface area contributed by atoms with Crippen molar-refractivity contribution in [1.82, 2.24) is 0 Å². The van der Waals surface area contributed by atoms with Gasteiger partial charge in [-0.15, -0.1) is 0 Å². The molecule has 1 fully saturated rings. The van der Waals surface area contributed by atoms with Gasteiger partial charge in [0.25, 0.3) is 0 Å². The number of hydrogen-bond acceptors (Lipinski definition) is 0. The second kappa shape index (κ2) is 3.61. The molecule has 0 amide bonds. The Morgan fingerprint density at radius 1 is 1.23 bits per heavy atom. The predicted octanol–water partition coefficient (Wildman–Crippen LogP) is 3.95. The van der Waals surface area contributed by atoms with Crippen molar-refractivity contribution in [3.8, 4) is 0 Å². The molecular formula is C13H16. The molecule has 0 aromatic rings. The summed E-state index contributed by atoms with van der Waals surface area (Å²) >= 11 is 0. The van der Waals surface area contributed by atoms with Crippen LogP contribution in [0.1, 0.15) is 20.3 Å². The highest BCUT2D eigenvalue weighted by Gasteiger charge is 2.21. The maximum absolute atomic E-state index is 4.05. The maximum atomic E-state index is 4.05. The third-order valence-electron chi connectivity index (χ3n) is 2.22. The molecule has 68 valence electrons. The summed E-state index contributed by atoms with van der Waals surface area (Å²) in [6, 6.07) is 0. The molecule has 0 heterocycles. The summed E-state index contributed by atoms with van der Waals surface area (Å²) in [6.45, 7) is 16.0. The lowest BCUT2D eigenvalue weighted by atomic mass is 10.0. The van der Waals surface area contributed by atoms with Crippen LogP contribution in [0.25, 0.3) is 0 Å². The van der Waals surface area contributed by atoms with Gasteiger partial charge in [-0.05, 0) is 42.6 Å². The van der Waals surface area contributed by atoms with Gasteiger partial charge in [0.2, 0.25) is 0 Å². The third-order valence-corrected chi connectivity index (χ3v) is 2.22. The Balaban J connectivity index is 3.28. The van der Waals surface area contributed by atoms with Crippen molar-refractivity contribution in [2.45, 2.75) is 20.3 Å². The first-order valence-corrected chi connectivity index (χ1v) is 4.44. The molecule has 0 N–H and O–H groups in total. The van der Waals surface area contributed by atoms with E-state index in [1.807, 2.05) is 12.2 Å². The van der Waals surface area contributed by atoms with Gasteiger partial charge in [0.1, 0.15) is 0 Å². The van der Waals surface area contributed by atoms with Gasteiger partial charge in [0.05, 0.1) is 0 Å². The van der Waals surface area contributed by atoms with E-state index in [0.29, 0.717) is 0 Å². The lowest BCUT2D eigenvalue weighted by Crippen LogP contribution is -1.84. The van der Waals surface area contributed by atoms with Crippen LogP contribution < -0.4 is 0 Å². The fraction of sp³-hybridized carbons (Fsp3) is 0.231. The van der Waals surface area contributed by atoms with E-state index in [1.165, 1.54) is 22.3 Å². The van der Waals surface area contributed by atoms with Crippen molar-refractivity contribution in [2.75, 3.05) is 0 Å². The molecular weight excluding hydrogens is 156 g/mol.